The lowest BCUT2D eigenvalue weighted by atomic mass is 10.4. The Balaban J connectivity index is 2.05. The van der Waals surface area contributed by atoms with E-state index in [0.717, 1.165) is 29.6 Å². The molecule has 0 atom stereocenters. The lowest BCUT2D eigenvalue weighted by molar-refractivity contribution is 0.490. The molecule has 2 aromatic heterocycles. The van der Waals surface area contributed by atoms with Crippen molar-refractivity contribution in [1.29, 1.82) is 0 Å². The van der Waals surface area contributed by atoms with E-state index in [1.807, 2.05) is 26.0 Å². The summed E-state index contributed by atoms with van der Waals surface area (Å²) in [7, 11) is 0. The van der Waals surface area contributed by atoms with Crippen LogP contribution in [0.25, 0.3) is 0 Å². The van der Waals surface area contributed by atoms with Crippen molar-refractivity contribution in [1.82, 2.24) is 9.97 Å². The second kappa shape index (κ2) is 4.86. The van der Waals surface area contributed by atoms with Gasteiger partial charge in [-0.1, -0.05) is 6.92 Å². The van der Waals surface area contributed by atoms with Gasteiger partial charge in [0.05, 0.1) is 6.54 Å². The van der Waals surface area contributed by atoms with Gasteiger partial charge in [0, 0.05) is 12.5 Å². The molecular weight excluding hydrogens is 216 g/mol. The van der Waals surface area contributed by atoms with E-state index in [9.17, 15) is 0 Å². The largest absolute Gasteiger partial charge is 0.465 e. The summed E-state index contributed by atoms with van der Waals surface area (Å²) >= 11 is 0. The molecular formula is C12H16N4O. The average molecular weight is 232 g/mol. The molecule has 3 N–H and O–H groups in total. The Morgan fingerprint density at radius 2 is 2.18 bits per heavy atom. The van der Waals surface area contributed by atoms with Crippen molar-refractivity contribution in [2.75, 3.05) is 11.1 Å². The number of anilines is 2. The first kappa shape index (κ1) is 11.4. The van der Waals surface area contributed by atoms with Gasteiger partial charge in [-0.25, -0.2) is 9.97 Å². The summed E-state index contributed by atoms with van der Waals surface area (Å²) in [5, 5.41) is 3.16. The smallest absolute Gasteiger partial charge is 0.132 e. The van der Waals surface area contributed by atoms with Crippen LogP contribution in [0.5, 0.6) is 0 Å². The van der Waals surface area contributed by atoms with Crippen LogP contribution in [0.4, 0.5) is 11.6 Å². The molecule has 2 heterocycles. The zero-order valence-electron chi connectivity index (χ0n) is 10.0. The lowest BCUT2D eigenvalue weighted by Gasteiger charge is -2.06. The summed E-state index contributed by atoms with van der Waals surface area (Å²) in [6.45, 7) is 4.50. The molecule has 0 radical (unpaired) electrons. The van der Waals surface area contributed by atoms with Crippen molar-refractivity contribution in [2.45, 2.75) is 26.8 Å². The standard InChI is InChI=1S/C12H16N4O/c1-3-11-15-10(13)6-12(16-11)14-7-9-5-4-8(2)17-9/h4-6H,3,7H2,1-2H3,(H3,13,14,15,16). The molecule has 90 valence electrons. The summed E-state index contributed by atoms with van der Waals surface area (Å²) in [5.41, 5.74) is 5.69. The molecule has 0 aromatic carbocycles. The van der Waals surface area contributed by atoms with Crippen molar-refractivity contribution in [3.05, 3.63) is 35.5 Å². The zero-order valence-corrected chi connectivity index (χ0v) is 10.0. The van der Waals surface area contributed by atoms with E-state index in [1.165, 1.54) is 0 Å². The molecule has 0 aliphatic carbocycles. The van der Waals surface area contributed by atoms with E-state index in [4.69, 9.17) is 10.2 Å². The molecule has 0 saturated carbocycles. The van der Waals surface area contributed by atoms with Gasteiger partial charge in [0.1, 0.15) is 29.0 Å². The van der Waals surface area contributed by atoms with Crippen molar-refractivity contribution in [2.24, 2.45) is 0 Å². The van der Waals surface area contributed by atoms with E-state index >= 15 is 0 Å². The fourth-order valence-electron chi connectivity index (χ4n) is 1.52. The first-order valence-corrected chi connectivity index (χ1v) is 5.60. The van der Waals surface area contributed by atoms with Crippen LogP contribution in [0, 0.1) is 6.92 Å². The first-order valence-electron chi connectivity index (χ1n) is 5.60. The number of nitrogens with two attached hydrogens (primary N) is 1. The highest BCUT2D eigenvalue weighted by atomic mass is 16.3. The van der Waals surface area contributed by atoms with Gasteiger partial charge in [-0.3, -0.25) is 0 Å². The highest BCUT2D eigenvalue weighted by Crippen LogP contribution is 2.12. The quantitative estimate of drug-likeness (QED) is 0.844. The van der Waals surface area contributed by atoms with E-state index in [2.05, 4.69) is 15.3 Å². The van der Waals surface area contributed by atoms with Crippen LogP contribution in [-0.4, -0.2) is 9.97 Å². The van der Waals surface area contributed by atoms with E-state index in [0.29, 0.717) is 12.4 Å². The molecule has 0 bridgehead atoms. The SMILES string of the molecule is CCc1nc(N)cc(NCc2ccc(C)o2)n1. The third-order valence-electron chi connectivity index (χ3n) is 2.35. The van der Waals surface area contributed by atoms with E-state index in [-0.39, 0.29) is 0 Å². The minimum absolute atomic E-state index is 0.481. The molecule has 0 unspecified atom stereocenters. The van der Waals surface area contributed by atoms with E-state index < -0.39 is 0 Å². The highest BCUT2D eigenvalue weighted by Gasteiger charge is 2.02. The molecule has 0 spiro atoms. The monoisotopic (exact) mass is 232 g/mol. The third kappa shape index (κ3) is 2.96. The van der Waals surface area contributed by atoms with Crippen molar-refractivity contribution in [3.63, 3.8) is 0 Å². The van der Waals surface area contributed by atoms with Gasteiger partial charge in [-0.2, -0.15) is 0 Å². The topological polar surface area (TPSA) is 77.0 Å². The Hall–Kier alpha value is -2.04. The summed E-state index contributed by atoms with van der Waals surface area (Å²) in [4.78, 5) is 8.44. The zero-order chi connectivity index (χ0) is 12.3. The number of nitrogens with zero attached hydrogens (tertiary/aromatic N) is 2. The molecule has 17 heavy (non-hydrogen) atoms. The first-order chi connectivity index (χ1) is 8.17. The number of rotatable bonds is 4. The van der Waals surface area contributed by atoms with Crippen molar-refractivity contribution >= 4 is 11.6 Å². The molecule has 0 aliphatic heterocycles. The summed E-state index contributed by atoms with van der Waals surface area (Å²) in [6, 6.07) is 5.59. The van der Waals surface area contributed by atoms with Crippen LogP contribution in [0.2, 0.25) is 0 Å². The van der Waals surface area contributed by atoms with Crippen LogP contribution >= 0.6 is 0 Å². The summed E-state index contributed by atoms with van der Waals surface area (Å²) in [5.74, 6) is 3.72. The van der Waals surface area contributed by atoms with Crippen LogP contribution in [0.1, 0.15) is 24.3 Å². The number of aromatic nitrogens is 2. The van der Waals surface area contributed by atoms with Crippen molar-refractivity contribution < 1.29 is 4.42 Å². The maximum atomic E-state index is 5.69. The maximum absolute atomic E-state index is 5.69. The van der Waals surface area contributed by atoms with Gasteiger partial charge in [-0.15, -0.1) is 0 Å². The molecule has 0 aliphatic rings. The Bertz CT molecular complexity index is 507. The second-order valence-corrected chi connectivity index (χ2v) is 3.81. The Morgan fingerprint density at radius 1 is 1.35 bits per heavy atom. The molecule has 2 aromatic rings. The van der Waals surface area contributed by atoms with Gasteiger partial charge in [0.2, 0.25) is 0 Å². The van der Waals surface area contributed by atoms with Gasteiger partial charge < -0.3 is 15.5 Å². The van der Waals surface area contributed by atoms with Gasteiger partial charge in [0.25, 0.3) is 0 Å². The number of hydrogen-bond acceptors (Lipinski definition) is 5. The predicted octanol–water partition coefficient (Wildman–Crippen LogP) is 2.13. The second-order valence-electron chi connectivity index (χ2n) is 3.81. The number of aryl methyl sites for hydroxylation is 2. The van der Waals surface area contributed by atoms with Crippen LogP contribution in [0.15, 0.2) is 22.6 Å². The maximum Gasteiger partial charge on any atom is 0.132 e. The van der Waals surface area contributed by atoms with Gasteiger partial charge in [-0.05, 0) is 19.1 Å². The minimum Gasteiger partial charge on any atom is -0.465 e. The van der Waals surface area contributed by atoms with Crippen molar-refractivity contribution in [3.8, 4) is 0 Å². The molecule has 0 amide bonds. The fraction of sp³-hybridized carbons (Fsp3) is 0.333. The highest BCUT2D eigenvalue weighted by molar-refractivity contribution is 5.44. The fourth-order valence-corrected chi connectivity index (χ4v) is 1.52. The Labute approximate surface area is 100 Å². The normalized spacial score (nSPS) is 10.5. The van der Waals surface area contributed by atoms with Gasteiger partial charge >= 0.3 is 0 Å². The minimum atomic E-state index is 0.481. The van der Waals surface area contributed by atoms with E-state index in [1.54, 1.807) is 6.07 Å². The van der Waals surface area contributed by atoms with Gasteiger partial charge in [0.15, 0.2) is 0 Å². The summed E-state index contributed by atoms with van der Waals surface area (Å²) in [6.07, 6.45) is 0.763. The number of nitrogen functional groups attached to an aromatic ring is 1. The third-order valence-corrected chi connectivity index (χ3v) is 2.35. The molecule has 2 rings (SSSR count). The molecule has 0 saturated heterocycles. The molecule has 0 fully saturated rings. The predicted molar refractivity (Wildman–Crippen MR) is 66.6 cm³/mol. The Morgan fingerprint density at radius 3 is 2.82 bits per heavy atom. The van der Waals surface area contributed by atoms with Crippen LogP contribution in [0.3, 0.4) is 0 Å². The number of furan rings is 1. The van der Waals surface area contributed by atoms with Crippen LogP contribution < -0.4 is 11.1 Å². The molecule has 5 nitrogen and oxygen atoms in total. The Kier molecular flexibility index (Phi) is 3.27. The summed E-state index contributed by atoms with van der Waals surface area (Å²) < 4.78 is 5.45. The number of hydrogen-bond donors (Lipinski definition) is 2. The number of nitrogens with one attached hydrogen (secondary N) is 1. The lowest BCUT2D eigenvalue weighted by Crippen LogP contribution is -2.05. The average Bonchev–Trinajstić information content (AvgIpc) is 2.72. The molecule has 5 heteroatoms. The van der Waals surface area contributed by atoms with Crippen LogP contribution in [-0.2, 0) is 13.0 Å².